The van der Waals surface area contributed by atoms with Crippen molar-refractivity contribution in [2.24, 2.45) is 7.05 Å². The Hall–Kier alpha value is -1.93. The lowest BCUT2D eigenvalue weighted by atomic mass is 10.1. The average molecular weight is 619 g/mol. The number of aliphatic hydroxyl groups excluding tert-OH is 1. The fraction of sp³-hybridized carbons (Fsp3) is 0.688. The lowest BCUT2D eigenvalue weighted by Gasteiger charge is -2.36. The van der Waals surface area contributed by atoms with Crippen molar-refractivity contribution in [2.45, 2.75) is 37.2 Å². The number of hydrazine groups is 1. The molecule has 2 heterocycles. The largest absolute Gasteiger partial charge is 0.468 e. The van der Waals surface area contributed by atoms with Gasteiger partial charge in [0.1, 0.15) is 12.3 Å². The van der Waals surface area contributed by atoms with Gasteiger partial charge in [-0.1, -0.05) is 15.9 Å². The van der Waals surface area contributed by atoms with Gasteiger partial charge in [-0.25, -0.2) is 4.68 Å². The first-order valence-electron chi connectivity index (χ1n) is 9.18. The van der Waals surface area contributed by atoms with Gasteiger partial charge in [-0.15, -0.1) is 0 Å². The summed E-state index contributed by atoms with van der Waals surface area (Å²) >= 11 is 2.64. The number of rotatable bonds is 7. The number of hydrogen-bond acceptors (Lipinski definition) is 6. The number of aryl methyl sites for hydroxylation is 1. The summed E-state index contributed by atoms with van der Waals surface area (Å²) < 4.78 is 167. The fourth-order valence-corrected chi connectivity index (χ4v) is 3.83. The highest BCUT2D eigenvalue weighted by atomic mass is 79.9. The molecule has 1 aromatic heterocycles. The molecule has 0 radical (unpaired) electrons. The molecule has 0 amide bonds. The van der Waals surface area contributed by atoms with E-state index < -0.39 is 84.1 Å². The predicted molar refractivity (Wildman–Crippen MR) is 97.0 cm³/mol. The quantitative estimate of drug-likeness (QED) is 0.355. The van der Waals surface area contributed by atoms with Gasteiger partial charge in [0.05, 0.1) is 5.56 Å². The molecule has 20 heteroatoms. The highest BCUT2D eigenvalue weighted by molar-refractivity contribution is 9.09. The molecule has 1 aliphatic rings. The van der Waals surface area contributed by atoms with Crippen LogP contribution >= 0.6 is 15.9 Å². The summed E-state index contributed by atoms with van der Waals surface area (Å²) in [5.74, 6) is -1.39. The minimum absolute atomic E-state index is 0.114. The van der Waals surface area contributed by atoms with Crippen molar-refractivity contribution < 1.29 is 67.3 Å². The Morgan fingerprint density at radius 2 is 1.44 bits per heavy atom. The number of allylic oxidation sites excluding steroid dienone is 1. The molecule has 0 aliphatic carbocycles. The van der Waals surface area contributed by atoms with Gasteiger partial charge in [0.25, 0.3) is 0 Å². The van der Waals surface area contributed by atoms with Crippen LogP contribution < -0.4 is 4.74 Å². The SMILES string of the molecule is CN1C(OCC(F)(F)F)C(CBr)=C(C(F)(F)F)N1C(O)c1c(C(F)(F)F)nn(C)c1OCC(F)(F)F. The molecule has 7 nitrogen and oxygen atoms in total. The van der Waals surface area contributed by atoms with Crippen LogP contribution in [-0.4, -0.2) is 75.3 Å². The molecule has 0 fully saturated rings. The maximum Gasteiger partial charge on any atom is 0.435 e. The van der Waals surface area contributed by atoms with Gasteiger partial charge < -0.3 is 14.6 Å². The van der Waals surface area contributed by atoms with Gasteiger partial charge in [-0.2, -0.15) is 62.8 Å². The van der Waals surface area contributed by atoms with E-state index in [1.54, 1.807) is 0 Å². The van der Waals surface area contributed by atoms with Crippen molar-refractivity contribution in [1.82, 2.24) is 19.8 Å². The van der Waals surface area contributed by atoms with Crippen LogP contribution in [0.2, 0.25) is 0 Å². The zero-order valence-corrected chi connectivity index (χ0v) is 19.3. The van der Waals surface area contributed by atoms with Crippen LogP contribution in [-0.2, 0) is 18.0 Å². The normalized spacial score (nSPS) is 19.4. The molecule has 1 aromatic rings. The van der Waals surface area contributed by atoms with E-state index in [0.717, 1.165) is 0 Å². The van der Waals surface area contributed by atoms with Crippen molar-refractivity contribution >= 4 is 15.9 Å². The summed E-state index contributed by atoms with van der Waals surface area (Å²) in [6.07, 6.45) is -26.4. The highest BCUT2D eigenvalue weighted by Gasteiger charge is 2.54. The molecule has 1 aliphatic heterocycles. The number of halogens is 13. The van der Waals surface area contributed by atoms with Crippen molar-refractivity contribution in [1.29, 1.82) is 0 Å². The van der Waals surface area contributed by atoms with E-state index in [2.05, 4.69) is 30.5 Å². The van der Waals surface area contributed by atoms with Crippen LogP contribution in [0.1, 0.15) is 17.5 Å². The topological polar surface area (TPSA) is 63.0 Å². The lowest BCUT2D eigenvalue weighted by Crippen LogP contribution is -2.46. The molecule has 2 atom stereocenters. The van der Waals surface area contributed by atoms with E-state index in [1.165, 1.54) is 0 Å². The third-order valence-electron chi connectivity index (χ3n) is 4.49. The summed E-state index contributed by atoms with van der Waals surface area (Å²) in [4.78, 5) is 0. The maximum atomic E-state index is 13.9. The summed E-state index contributed by atoms with van der Waals surface area (Å²) in [7, 11) is 1.33. The molecular weight excluding hydrogens is 604 g/mol. The number of aromatic nitrogens is 2. The zero-order chi connectivity index (χ0) is 28.0. The summed E-state index contributed by atoms with van der Waals surface area (Å²) in [5, 5.41) is 12.7. The number of nitrogens with zero attached hydrogens (tertiary/aromatic N) is 4. The first-order chi connectivity index (χ1) is 16.1. The monoisotopic (exact) mass is 618 g/mol. The predicted octanol–water partition coefficient (Wildman–Crippen LogP) is 4.65. The van der Waals surface area contributed by atoms with E-state index in [9.17, 15) is 57.8 Å². The minimum Gasteiger partial charge on any atom is -0.468 e. The summed E-state index contributed by atoms with van der Waals surface area (Å²) in [6, 6.07) is 0. The van der Waals surface area contributed by atoms with Crippen LogP contribution in [0, 0.1) is 0 Å². The second-order valence-corrected chi connectivity index (χ2v) is 7.73. The molecule has 2 rings (SSSR count). The van der Waals surface area contributed by atoms with Gasteiger partial charge >= 0.3 is 24.7 Å². The van der Waals surface area contributed by atoms with Crippen LogP contribution in [0.15, 0.2) is 11.3 Å². The van der Waals surface area contributed by atoms with E-state index in [0.29, 0.717) is 14.1 Å². The number of aliphatic hydroxyl groups is 1. The van der Waals surface area contributed by atoms with Crippen LogP contribution in [0.5, 0.6) is 5.88 Å². The first kappa shape index (κ1) is 30.3. The molecule has 36 heavy (non-hydrogen) atoms. The summed E-state index contributed by atoms with van der Waals surface area (Å²) in [5.41, 5.74) is -6.62. The summed E-state index contributed by atoms with van der Waals surface area (Å²) in [6.45, 7) is -4.28. The second-order valence-electron chi connectivity index (χ2n) is 7.17. The van der Waals surface area contributed by atoms with Crippen molar-refractivity contribution in [3.8, 4) is 5.88 Å². The Kier molecular flexibility index (Phi) is 8.49. The Morgan fingerprint density at radius 3 is 1.86 bits per heavy atom. The molecule has 2 unspecified atom stereocenters. The Morgan fingerprint density at radius 1 is 0.917 bits per heavy atom. The van der Waals surface area contributed by atoms with Crippen LogP contribution in [0.3, 0.4) is 0 Å². The number of likely N-dealkylation sites (N-methyl/N-ethyl adjacent to an activating group) is 1. The van der Waals surface area contributed by atoms with E-state index >= 15 is 0 Å². The lowest BCUT2D eigenvalue weighted by molar-refractivity contribution is -0.228. The van der Waals surface area contributed by atoms with Gasteiger partial charge in [0, 0.05) is 25.0 Å². The third kappa shape index (κ3) is 6.68. The molecule has 0 saturated heterocycles. The Labute approximate surface area is 201 Å². The Bertz CT molecular complexity index is 970. The van der Waals surface area contributed by atoms with E-state index in [1.807, 2.05) is 0 Å². The van der Waals surface area contributed by atoms with E-state index in [-0.39, 0.29) is 14.7 Å². The number of hydrogen-bond donors (Lipinski definition) is 1. The standard InChI is InChI=1S/C16H15BrF12N4O3/c1-31-12(36-5-14(21,22)23)7(8(30-31)15(24,25)26)10(34)33-9(16(27,28)29)6(3-17)11(32(33)2)35-4-13(18,19)20/h10-11,34H,3-5H2,1-2H3. The smallest absolute Gasteiger partial charge is 0.435 e. The highest BCUT2D eigenvalue weighted by Crippen LogP contribution is 2.48. The number of alkyl halides is 13. The molecular formula is C16H15BrF12N4O3. The molecule has 0 bridgehead atoms. The minimum atomic E-state index is -5.50. The zero-order valence-electron chi connectivity index (χ0n) is 17.7. The Balaban J connectivity index is 2.69. The molecule has 0 spiro atoms. The van der Waals surface area contributed by atoms with Crippen LogP contribution in [0.4, 0.5) is 52.7 Å². The first-order valence-corrected chi connectivity index (χ1v) is 10.3. The van der Waals surface area contributed by atoms with E-state index in [4.69, 9.17) is 0 Å². The van der Waals surface area contributed by atoms with Crippen LogP contribution in [0.25, 0.3) is 0 Å². The van der Waals surface area contributed by atoms with Gasteiger partial charge in [0.15, 0.2) is 24.8 Å². The van der Waals surface area contributed by atoms with Gasteiger partial charge in [0.2, 0.25) is 5.88 Å². The molecule has 0 saturated carbocycles. The van der Waals surface area contributed by atoms with Crippen molar-refractivity contribution in [3.63, 3.8) is 0 Å². The van der Waals surface area contributed by atoms with Crippen molar-refractivity contribution in [3.05, 3.63) is 22.5 Å². The van der Waals surface area contributed by atoms with Gasteiger partial charge in [-0.3, -0.25) is 5.01 Å². The fourth-order valence-electron chi connectivity index (χ4n) is 3.29. The molecule has 1 N–H and O–H groups in total. The molecule has 208 valence electrons. The number of ether oxygens (including phenoxy) is 2. The average Bonchev–Trinajstić information content (AvgIpc) is 3.16. The van der Waals surface area contributed by atoms with Crippen molar-refractivity contribution in [2.75, 3.05) is 25.6 Å². The maximum absolute atomic E-state index is 13.9. The second kappa shape index (κ2) is 10.1. The molecule has 0 aromatic carbocycles. The third-order valence-corrected chi connectivity index (χ3v) is 5.09. The van der Waals surface area contributed by atoms with Gasteiger partial charge in [-0.05, 0) is 0 Å².